The van der Waals surface area contributed by atoms with Gasteiger partial charge in [0.25, 0.3) is 0 Å². The Morgan fingerprint density at radius 3 is 2.82 bits per heavy atom. The molecule has 0 spiro atoms. The van der Waals surface area contributed by atoms with E-state index in [0.29, 0.717) is 0 Å². The molecule has 17 heavy (non-hydrogen) atoms. The number of para-hydroxylation sites is 1. The predicted octanol–water partition coefficient (Wildman–Crippen LogP) is 2.85. The average molecular weight is 264 g/mol. The maximum atomic E-state index is 12.9. The molecule has 0 aromatic heterocycles. The highest BCUT2D eigenvalue weighted by Crippen LogP contribution is 2.46. The molecule has 2 aliphatic rings. The van der Waals surface area contributed by atoms with Gasteiger partial charge in [0.15, 0.2) is 11.5 Å². The van der Waals surface area contributed by atoms with Crippen LogP contribution in [0.25, 0.3) is 0 Å². The van der Waals surface area contributed by atoms with Gasteiger partial charge >= 0.3 is 6.29 Å². The zero-order valence-corrected chi connectivity index (χ0v) is 9.73. The van der Waals surface area contributed by atoms with Crippen LogP contribution >= 0.6 is 12.4 Å². The minimum atomic E-state index is -3.53. The molecule has 1 N–H and O–H groups in total. The van der Waals surface area contributed by atoms with E-state index in [4.69, 9.17) is 0 Å². The molecule has 3 nitrogen and oxygen atoms in total. The lowest BCUT2D eigenvalue weighted by atomic mass is 10.0. The molecule has 3 rings (SSSR count). The van der Waals surface area contributed by atoms with Crippen LogP contribution in [-0.2, 0) is 0 Å². The summed E-state index contributed by atoms with van der Waals surface area (Å²) in [6, 6.07) is 5.09. The summed E-state index contributed by atoms with van der Waals surface area (Å²) in [6.07, 6.45) is -1.55. The van der Waals surface area contributed by atoms with Crippen LogP contribution in [0, 0.1) is 0 Å². The quantitative estimate of drug-likeness (QED) is 0.845. The minimum Gasteiger partial charge on any atom is -0.395 e. The fourth-order valence-corrected chi connectivity index (χ4v) is 2.21. The van der Waals surface area contributed by atoms with Gasteiger partial charge in [-0.15, -0.1) is 21.2 Å². The van der Waals surface area contributed by atoms with Crippen molar-refractivity contribution >= 4 is 12.4 Å². The van der Waals surface area contributed by atoms with Crippen molar-refractivity contribution in [2.45, 2.75) is 25.2 Å². The molecule has 2 aliphatic heterocycles. The van der Waals surface area contributed by atoms with Crippen LogP contribution < -0.4 is 14.8 Å². The van der Waals surface area contributed by atoms with E-state index in [1.54, 1.807) is 12.1 Å². The maximum Gasteiger partial charge on any atom is 0.586 e. The van der Waals surface area contributed by atoms with Gasteiger partial charge in [-0.2, -0.15) is 0 Å². The second-order valence-electron chi connectivity index (χ2n) is 3.99. The Kier molecular flexibility index (Phi) is 3.14. The molecule has 0 bridgehead atoms. The summed E-state index contributed by atoms with van der Waals surface area (Å²) in [5.41, 5.74) is 0.757. The summed E-state index contributed by atoms with van der Waals surface area (Å²) in [4.78, 5) is 0. The fourth-order valence-electron chi connectivity index (χ4n) is 2.21. The summed E-state index contributed by atoms with van der Waals surface area (Å²) >= 11 is 0. The summed E-state index contributed by atoms with van der Waals surface area (Å²) in [7, 11) is 0. The van der Waals surface area contributed by atoms with Crippen molar-refractivity contribution in [3.8, 4) is 11.5 Å². The summed E-state index contributed by atoms with van der Waals surface area (Å²) in [5.74, 6) is 0.295. The number of hydrogen-bond acceptors (Lipinski definition) is 3. The molecule has 94 valence electrons. The van der Waals surface area contributed by atoms with Crippen LogP contribution in [0.15, 0.2) is 18.2 Å². The fraction of sp³-hybridized carbons (Fsp3) is 0.455. The molecule has 1 atom stereocenters. The molecule has 0 amide bonds. The van der Waals surface area contributed by atoms with Gasteiger partial charge in [0, 0.05) is 11.6 Å². The Hall–Kier alpha value is -1.07. The Bertz CT molecular complexity index is 422. The molecule has 0 radical (unpaired) electrons. The minimum absolute atomic E-state index is 0. The van der Waals surface area contributed by atoms with E-state index < -0.39 is 6.29 Å². The molecule has 0 unspecified atom stereocenters. The van der Waals surface area contributed by atoms with E-state index >= 15 is 0 Å². The van der Waals surface area contributed by atoms with Gasteiger partial charge in [-0.1, -0.05) is 12.1 Å². The Balaban J connectivity index is 0.00000108. The average Bonchev–Trinajstić information content (AvgIpc) is 2.80. The number of hydrogen-bond donors (Lipinski definition) is 1. The summed E-state index contributed by atoms with van der Waals surface area (Å²) < 4.78 is 34.8. The van der Waals surface area contributed by atoms with E-state index in [1.807, 2.05) is 0 Å². The zero-order chi connectivity index (χ0) is 11.2. The first-order valence-corrected chi connectivity index (χ1v) is 5.28. The largest absolute Gasteiger partial charge is 0.586 e. The Morgan fingerprint density at radius 2 is 2.12 bits per heavy atom. The van der Waals surface area contributed by atoms with Crippen molar-refractivity contribution in [1.29, 1.82) is 0 Å². The number of rotatable bonds is 1. The van der Waals surface area contributed by atoms with E-state index in [-0.39, 0.29) is 29.9 Å². The summed E-state index contributed by atoms with van der Waals surface area (Å²) in [6.45, 7) is 0.908. The van der Waals surface area contributed by atoms with E-state index in [2.05, 4.69) is 14.8 Å². The molecule has 2 heterocycles. The van der Waals surface area contributed by atoms with Crippen molar-refractivity contribution in [2.75, 3.05) is 6.54 Å². The molecule has 1 aromatic carbocycles. The number of fused-ring (bicyclic) bond motifs is 1. The van der Waals surface area contributed by atoms with Crippen molar-refractivity contribution in [1.82, 2.24) is 5.32 Å². The first-order valence-electron chi connectivity index (χ1n) is 5.28. The highest BCUT2D eigenvalue weighted by molar-refractivity contribution is 5.85. The SMILES string of the molecule is Cl.FC1(F)Oc2cccc([C@H]3CCCN3)c2O1. The first-order chi connectivity index (χ1) is 7.66. The van der Waals surface area contributed by atoms with Gasteiger partial charge in [-0.05, 0) is 25.5 Å². The third-order valence-corrected chi connectivity index (χ3v) is 2.89. The van der Waals surface area contributed by atoms with Crippen molar-refractivity contribution in [3.63, 3.8) is 0 Å². The lowest BCUT2D eigenvalue weighted by molar-refractivity contribution is -0.287. The third-order valence-electron chi connectivity index (χ3n) is 2.89. The van der Waals surface area contributed by atoms with E-state index in [1.165, 1.54) is 6.07 Å². The number of alkyl halides is 2. The van der Waals surface area contributed by atoms with Gasteiger partial charge in [0.05, 0.1) is 0 Å². The Morgan fingerprint density at radius 1 is 1.29 bits per heavy atom. The smallest absolute Gasteiger partial charge is 0.395 e. The highest BCUT2D eigenvalue weighted by atomic mass is 35.5. The lowest BCUT2D eigenvalue weighted by Gasteiger charge is -2.13. The molecule has 1 saturated heterocycles. The van der Waals surface area contributed by atoms with Crippen molar-refractivity contribution in [3.05, 3.63) is 23.8 Å². The van der Waals surface area contributed by atoms with Crippen LogP contribution in [0.5, 0.6) is 11.5 Å². The summed E-state index contributed by atoms with van der Waals surface area (Å²) in [5, 5.41) is 3.25. The second-order valence-corrected chi connectivity index (χ2v) is 3.99. The number of halogens is 3. The highest BCUT2D eigenvalue weighted by Gasteiger charge is 2.45. The standard InChI is InChI=1S/C11H11F2NO2.ClH/c12-11(13)15-9-5-1-3-7(10(9)16-11)8-4-2-6-14-8;/h1,3,5,8,14H,2,4,6H2;1H/t8-;/m1./s1. The molecule has 1 fully saturated rings. The van der Waals surface area contributed by atoms with Gasteiger partial charge in [-0.25, -0.2) is 0 Å². The molecule has 1 aromatic rings. The molecular formula is C11H12ClF2NO2. The zero-order valence-electron chi connectivity index (χ0n) is 8.91. The van der Waals surface area contributed by atoms with Crippen LogP contribution in [0.1, 0.15) is 24.4 Å². The molecule has 6 heteroatoms. The number of benzene rings is 1. The number of nitrogens with one attached hydrogen (secondary N) is 1. The predicted molar refractivity (Wildman–Crippen MR) is 59.9 cm³/mol. The first kappa shape index (κ1) is 12.4. The van der Waals surface area contributed by atoms with Gasteiger partial charge in [0.2, 0.25) is 0 Å². The second kappa shape index (κ2) is 4.31. The van der Waals surface area contributed by atoms with E-state index in [9.17, 15) is 8.78 Å². The van der Waals surface area contributed by atoms with Gasteiger partial charge < -0.3 is 14.8 Å². The lowest BCUT2D eigenvalue weighted by Crippen LogP contribution is -2.26. The molecule has 0 aliphatic carbocycles. The van der Waals surface area contributed by atoms with Crippen molar-refractivity contribution in [2.24, 2.45) is 0 Å². The number of ether oxygens (including phenoxy) is 2. The molecular weight excluding hydrogens is 252 g/mol. The Labute approximate surface area is 104 Å². The van der Waals surface area contributed by atoms with E-state index in [0.717, 1.165) is 24.9 Å². The van der Waals surface area contributed by atoms with Gasteiger partial charge in [0.1, 0.15) is 0 Å². The maximum absolute atomic E-state index is 12.9. The third kappa shape index (κ3) is 2.17. The normalized spacial score (nSPS) is 24.5. The van der Waals surface area contributed by atoms with Crippen LogP contribution in [-0.4, -0.2) is 12.8 Å². The van der Waals surface area contributed by atoms with Crippen LogP contribution in [0.4, 0.5) is 8.78 Å². The van der Waals surface area contributed by atoms with Gasteiger partial charge in [-0.3, -0.25) is 0 Å². The monoisotopic (exact) mass is 263 g/mol. The molecule has 0 saturated carbocycles. The topological polar surface area (TPSA) is 30.5 Å². The van der Waals surface area contributed by atoms with Crippen LogP contribution in [0.3, 0.4) is 0 Å². The van der Waals surface area contributed by atoms with Crippen LogP contribution in [0.2, 0.25) is 0 Å². The van der Waals surface area contributed by atoms with Crippen molar-refractivity contribution < 1.29 is 18.3 Å².